The van der Waals surface area contributed by atoms with Gasteiger partial charge in [0.1, 0.15) is 0 Å². The number of pyridine rings is 1. The molecule has 2 rings (SSSR count). The van der Waals surface area contributed by atoms with E-state index in [2.05, 4.69) is 20.5 Å². The van der Waals surface area contributed by atoms with E-state index in [1.54, 1.807) is 32.4 Å². The first-order valence-corrected chi connectivity index (χ1v) is 7.94. The highest BCUT2D eigenvalue weighted by Gasteiger charge is 2.27. The fourth-order valence-electron chi connectivity index (χ4n) is 2.01. The summed E-state index contributed by atoms with van der Waals surface area (Å²) in [5.74, 6) is 0. The number of hydrogen-bond acceptors (Lipinski definition) is 5. The Balaban J connectivity index is 2.29. The van der Waals surface area contributed by atoms with Gasteiger partial charge in [-0.15, -0.1) is 0 Å². The third-order valence-corrected chi connectivity index (χ3v) is 4.95. The van der Waals surface area contributed by atoms with E-state index in [-0.39, 0.29) is 11.6 Å². The van der Waals surface area contributed by atoms with E-state index >= 15 is 0 Å². The normalized spacial score (nSPS) is 12.0. The minimum atomic E-state index is -3.65. The van der Waals surface area contributed by atoms with E-state index in [1.165, 1.54) is 11.4 Å². The molecule has 0 radical (unpaired) electrons. The van der Waals surface area contributed by atoms with Crippen LogP contribution in [0.15, 0.2) is 29.6 Å². The van der Waals surface area contributed by atoms with Gasteiger partial charge in [-0.25, -0.2) is 8.42 Å². The Hall–Kier alpha value is -1.77. The number of aromatic nitrogens is 3. The van der Waals surface area contributed by atoms with Crippen molar-refractivity contribution < 1.29 is 8.42 Å². The minimum Gasteiger partial charge on any atom is -0.316 e. The average Bonchev–Trinajstić information content (AvgIpc) is 2.82. The molecule has 21 heavy (non-hydrogen) atoms. The van der Waals surface area contributed by atoms with Crippen molar-refractivity contribution >= 4 is 10.0 Å². The number of hydrogen-bond donors (Lipinski definition) is 2. The molecule has 0 atom stereocenters. The molecule has 0 aliphatic heterocycles. The molecule has 0 fully saturated rings. The Bertz CT molecular complexity index is 697. The highest BCUT2D eigenvalue weighted by atomic mass is 32.2. The highest BCUT2D eigenvalue weighted by Crippen LogP contribution is 2.20. The number of aromatic amines is 1. The topological polar surface area (TPSA) is 91.0 Å². The Morgan fingerprint density at radius 1 is 1.43 bits per heavy atom. The summed E-state index contributed by atoms with van der Waals surface area (Å²) in [6.45, 7) is 2.50. The Kier molecular flexibility index (Phi) is 4.71. The lowest BCUT2D eigenvalue weighted by Gasteiger charge is -2.16. The van der Waals surface area contributed by atoms with Gasteiger partial charge in [0.2, 0.25) is 0 Å². The average molecular weight is 309 g/mol. The van der Waals surface area contributed by atoms with Crippen molar-refractivity contribution in [3.8, 4) is 0 Å². The molecule has 0 unspecified atom stereocenters. The maximum Gasteiger partial charge on any atom is 0.262 e. The molecule has 0 aromatic carbocycles. The maximum atomic E-state index is 12.6. The van der Waals surface area contributed by atoms with E-state index < -0.39 is 10.0 Å². The smallest absolute Gasteiger partial charge is 0.262 e. The number of rotatable bonds is 6. The Labute approximate surface area is 124 Å². The summed E-state index contributed by atoms with van der Waals surface area (Å²) in [4.78, 5) is 3.99. The fourth-order valence-corrected chi connectivity index (χ4v) is 3.32. The van der Waals surface area contributed by atoms with Crippen molar-refractivity contribution in [2.75, 3.05) is 14.1 Å². The first-order chi connectivity index (χ1) is 9.96. The molecular weight excluding hydrogens is 290 g/mol. The quantitative estimate of drug-likeness (QED) is 0.818. The molecule has 0 saturated heterocycles. The van der Waals surface area contributed by atoms with Gasteiger partial charge in [0.15, 0.2) is 5.03 Å². The van der Waals surface area contributed by atoms with Gasteiger partial charge in [0, 0.05) is 43.8 Å². The van der Waals surface area contributed by atoms with Crippen molar-refractivity contribution in [3.63, 3.8) is 0 Å². The Morgan fingerprint density at radius 3 is 2.81 bits per heavy atom. The zero-order valence-corrected chi connectivity index (χ0v) is 13.1. The second kappa shape index (κ2) is 6.33. The SMILES string of the molecule is CNCc1c(S(=O)(=O)N(C)Cc2cccnc2)n[nH]c1C. The molecule has 7 nitrogen and oxygen atoms in total. The molecule has 114 valence electrons. The van der Waals surface area contributed by atoms with E-state index in [1.807, 2.05) is 6.07 Å². The lowest BCUT2D eigenvalue weighted by molar-refractivity contribution is 0.462. The molecular formula is C13H19N5O2S. The van der Waals surface area contributed by atoms with Crippen molar-refractivity contribution in [3.05, 3.63) is 41.3 Å². The lowest BCUT2D eigenvalue weighted by Crippen LogP contribution is -2.28. The molecule has 0 bridgehead atoms. The van der Waals surface area contributed by atoms with Crippen LogP contribution in [0.5, 0.6) is 0 Å². The number of nitrogens with zero attached hydrogens (tertiary/aromatic N) is 3. The predicted molar refractivity (Wildman–Crippen MR) is 79.0 cm³/mol. The summed E-state index contributed by atoms with van der Waals surface area (Å²) < 4.78 is 26.6. The maximum absolute atomic E-state index is 12.6. The van der Waals surface area contributed by atoms with Gasteiger partial charge in [-0.3, -0.25) is 10.1 Å². The monoisotopic (exact) mass is 309 g/mol. The largest absolute Gasteiger partial charge is 0.316 e. The van der Waals surface area contributed by atoms with Crippen molar-refractivity contribution in [2.24, 2.45) is 0 Å². The summed E-state index contributed by atoms with van der Waals surface area (Å²) in [6.07, 6.45) is 3.30. The number of sulfonamides is 1. The molecule has 0 aliphatic carbocycles. The van der Waals surface area contributed by atoms with E-state index in [9.17, 15) is 8.42 Å². The molecule has 2 N–H and O–H groups in total. The van der Waals surface area contributed by atoms with Gasteiger partial charge in [0.25, 0.3) is 10.0 Å². The summed E-state index contributed by atoms with van der Waals surface area (Å²) in [7, 11) is -0.343. The second-order valence-electron chi connectivity index (χ2n) is 4.78. The van der Waals surface area contributed by atoms with Crippen LogP contribution in [0.25, 0.3) is 0 Å². The highest BCUT2D eigenvalue weighted by molar-refractivity contribution is 7.89. The number of nitrogens with one attached hydrogen (secondary N) is 2. The van der Waals surface area contributed by atoms with Gasteiger partial charge in [-0.2, -0.15) is 9.40 Å². The predicted octanol–water partition coefficient (Wildman–Crippen LogP) is 0.653. The van der Waals surface area contributed by atoms with Gasteiger partial charge in [-0.05, 0) is 25.6 Å². The first kappa shape index (κ1) is 15.6. The third-order valence-electron chi connectivity index (χ3n) is 3.17. The van der Waals surface area contributed by atoms with Gasteiger partial charge < -0.3 is 5.32 Å². The third kappa shape index (κ3) is 3.29. The van der Waals surface area contributed by atoms with Gasteiger partial charge in [-0.1, -0.05) is 6.07 Å². The molecule has 0 saturated carbocycles. The van der Waals surface area contributed by atoms with Crippen molar-refractivity contribution in [1.82, 2.24) is 24.8 Å². The first-order valence-electron chi connectivity index (χ1n) is 6.50. The van der Waals surface area contributed by atoms with Crippen molar-refractivity contribution in [1.29, 1.82) is 0 Å². The van der Waals surface area contributed by atoms with Crippen LogP contribution in [0.2, 0.25) is 0 Å². The second-order valence-corrected chi connectivity index (χ2v) is 6.75. The minimum absolute atomic E-state index is 0.0701. The zero-order valence-electron chi connectivity index (χ0n) is 12.3. The standard InChI is InChI=1S/C13H19N5O2S/c1-10-12(8-14-2)13(17-16-10)21(19,20)18(3)9-11-5-4-6-15-7-11/h4-7,14H,8-9H2,1-3H3,(H,16,17). The summed E-state index contributed by atoms with van der Waals surface area (Å²) in [5, 5.41) is 9.73. The molecule has 0 amide bonds. The molecule has 2 aromatic rings. The molecule has 0 spiro atoms. The lowest BCUT2D eigenvalue weighted by atomic mass is 10.3. The summed E-state index contributed by atoms with van der Waals surface area (Å²) in [6, 6.07) is 3.62. The molecule has 2 heterocycles. The van der Waals surface area contributed by atoms with Crippen LogP contribution in [0.3, 0.4) is 0 Å². The van der Waals surface area contributed by atoms with E-state index in [0.29, 0.717) is 12.1 Å². The van der Waals surface area contributed by atoms with Crippen LogP contribution in [-0.2, 0) is 23.1 Å². The Morgan fingerprint density at radius 2 is 2.19 bits per heavy atom. The van der Waals surface area contributed by atoms with E-state index in [0.717, 1.165) is 11.3 Å². The van der Waals surface area contributed by atoms with Crippen LogP contribution in [-0.4, -0.2) is 42.0 Å². The van der Waals surface area contributed by atoms with Gasteiger partial charge in [0.05, 0.1) is 0 Å². The van der Waals surface area contributed by atoms with Crippen LogP contribution in [0.1, 0.15) is 16.8 Å². The number of H-pyrrole nitrogens is 1. The fraction of sp³-hybridized carbons (Fsp3) is 0.385. The molecule has 2 aromatic heterocycles. The van der Waals surface area contributed by atoms with Crippen LogP contribution >= 0.6 is 0 Å². The van der Waals surface area contributed by atoms with Crippen LogP contribution in [0, 0.1) is 6.92 Å². The van der Waals surface area contributed by atoms with Gasteiger partial charge >= 0.3 is 0 Å². The summed E-state index contributed by atoms with van der Waals surface area (Å²) in [5.41, 5.74) is 2.24. The zero-order chi connectivity index (χ0) is 15.5. The van der Waals surface area contributed by atoms with Crippen LogP contribution < -0.4 is 5.32 Å². The summed E-state index contributed by atoms with van der Waals surface area (Å²) >= 11 is 0. The van der Waals surface area contributed by atoms with Crippen LogP contribution in [0.4, 0.5) is 0 Å². The molecule has 8 heteroatoms. The van der Waals surface area contributed by atoms with E-state index in [4.69, 9.17) is 0 Å². The number of aryl methyl sites for hydroxylation is 1. The van der Waals surface area contributed by atoms with Crippen molar-refractivity contribution in [2.45, 2.75) is 25.0 Å². The molecule has 0 aliphatic rings.